The van der Waals surface area contributed by atoms with Gasteiger partial charge in [0.1, 0.15) is 0 Å². The van der Waals surface area contributed by atoms with Crippen LogP contribution in [0.5, 0.6) is 0 Å². The van der Waals surface area contributed by atoms with E-state index in [4.69, 9.17) is 0 Å². The summed E-state index contributed by atoms with van der Waals surface area (Å²) in [5.41, 5.74) is -0.909. The van der Waals surface area contributed by atoms with Crippen LogP contribution in [0.2, 0.25) is 0 Å². The summed E-state index contributed by atoms with van der Waals surface area (Å²) < 4.78 is 65.0. The van der Waals surface area contributed by atoms with E-state index in [0.29, 0.717) is 19.5 Å². The van der Waals surface area contributed by atoms with Gasteiger partial charge in [0.05, 0.1) is 16.4 Å². The average molecular weight is 474 g/mol. The van der Waals surface area contributed by atoms with Gasteiger partial charge in [-0.1, -0.05) is 0 Å². The normalized spacial score (nSPS) is 23.3. The van der Waals surface area contributed by atoms with Crippen molar-refractivity contribution in [3.05, 3.63) is 29.8 Å². The molecule has 0 spiro atoms. The van der Waals surface area contributed by atoms with Crippen molar-refractivity contribution in [3.63, 3.8) is 0 Å². The lowest BCUT2D eigenvalue weighted by Gasteiger charge is -2.38. The number of carbonyl (C=O) groups excluding carboxylic acids is 2. The zero-order valence-corrected chi connectivity index (χ0v) is 18.4. The van der Waals surface area contributed by atoms with Crippen molar-refractivity contribution < 1.29 is 31.2 Å². The van der Waals surface area contributed by atoms with E-state index in [1.807, 2.05) is 0 Å². The molecule has 1 aliphatic carbocycles. The topological polar surface area (TPSA) is 78.0 Å². The van der Waals surface area contributed by atoms with E-state index >= 15 is 0 Å². The summed E-state index contributed by atoms with van der Waals surface area (Å²) in [6, 6.07) is 3.43. The third-order valence-electron chi connectivity index (χ3n) is 6.38. The Morgan fingerprint density at radius 3 is 1.97 bits per heavy atom. The zero-order valence-electron chi connectivity index (χ0n) is 17.6. The molecule has 1 unspecified atom stereocenters. The highest BCUT2D eigenvalue weighted by atomic mass is 32.2. The smallest absolute Gasteiger partial charge is 0.342 e. The summed E-state index contributed by atoms with van der Waals surface area (Å²) in [7, 11) is -3.95. The Bertz CT molecular complexity index is 969. The van der Waals surface area contributed by atoms with E-state index in [1.165, 1.54) is 4.31 Å². The summed E-state index contributed by atoms with van der Waals surface area (Å²) in [5.74, 6) is -0.0906. The second kappa shape index (κ2) is 8.66. The van der Waals surface area contributed by atoms with Gasteiger partial charge in [-0.15, -0.1) is 0 Å². The molecule has 0 radical (unpaired) electrons. The van der Waals surface area contributed by atoms with Gasteiger partial charge in [0.15, 0.2) is 0 Å². The quantitative estimate of drug-likeness (QED) is 0.672. The molecule has 2 heterocycles. The number of benzene rings is 1. The SMILES string of the molecule is O=C(C1CCCN(C(=O)C2CC2)C1)N1CCN(S(=O)(=O)c2ccc(C(F)(F)F)cc2)CC1. The highest BCUT2D eigenvalue weighted by molar-refractivity contribution is 7.89. The number of likely N-dealkylation sites (tertiary alicyclic amines) is 1. The van der Waals surface area contributed by atoms with Crippen LogP contribution in [-0.2, 0) is 25.8 Å². The predicted molar refractivity (Wildman–Crippen MR) is 109 cm³/mol. The van der Waals surface area contributed by atoms with Crippen LogP contribution in [0.15, 0.2) is 29.2 Å². The van der Waals surface area contributed by atoms with Crippen LogP contribution in [0.25, 0.3) is 0 Å². The molecule has 32 heavy (non-hydrogen) atoms. The maximum atomic E-state index is 13.0. The zero-order chi connectivity index (χ0) is 23.1. The third-order valence-corrected chi connectivity index (χ3v) is 8.29. The Kier molecular flexibility index (Phi) is 6.23. The monoisotopic (exact) mass is 473 g/mol. The Morgan fingerprint density at radius 1 is 0.812 bits per heavy atom. The lowest BCUT2D eigenvalue weighted by molar-refractivity contribution is -0.142. The van der Waals surface area contributed by atoms with Crippen LogP contribution >= 0.6 is 0 Å². The van der Waals surface area contributed by atoms with Crippen molar-refractivity contribution in [1.82, 2.24) is 14.1 Å². The van der Waals surface area contributed by atoms with Crippen molar-refractivity contribution in [1.29, 1.82) is 0 Å². The van der Waals surface area contributed by atoms with Gasteiger partial charge in [0, 0.05) is 45.2 Å². The molecule has 3 fully saturated rings. The number of piperazine rings is 1. The Balaban J connectivity index is 1.35. The summed E-state index contributed by atoms with van der Waals surface area (Å²) in [4.78, 5) is 28.5. The molecule has 7 nitrogen and oxygen atoms in total. The first-order valence-electron chi connectivity index (χ1n) is 10.8. The maximum absolute atomic E-state index is 13.0. The first kappa shape index (κ1) is 23.0. The molecule has 2 amide bonds. The molecular weight excluding hydrogens is 447 g/mol. The highest BCUT2D eigenvalue weighted by Gasteiger charge is 2.39. The minimum atomic E-state index is -4.54. The molecule has 1 aromatic rings. The first-order chi connectivity index (χ1) is 15.1. The number of sulfonamides is 1. The number of piperidine rings is 1. The molecule has 4 rings (SSSR count). The molecule has 1 atom stereocenters. The lowest BCUT2D eigenvalue weighted by Crippen LogP contribution is -2.54. The molecule has 2 saturated heterocycles. The number of hydrogen-bond acceptors (Lipinski definition) is 4. The third kappa shape index (κ3) is 4.78. The fourth-order valence-electron chi connectivity index (χ4n) is 4.34. The van der Waals surface area contributed by atoms with Crippen LogP contribution in [-0.4, -0.2) is 73.6 Å². The van der Waals surface area contributed by atoms with Crippen LogP contribution in [0, 0.1) is 11.8 Å². The standard InChI is InChI=1S/C21H26F3N3O4S/c22-21(23,24)17-5-7-18(8-6-17)32(30,31)27-12-10-25(11-13-27)20(29)16-2-1-9-26(14-16)19(28)15-3-4-15/h5-8,15-16H,1-4,9-14H2. The second-order valence-electron chi connectivity index (χ2n) is 8.65. The van der Waals surface area contributed by atoms with Gasteiger partial charge in [-0.25, -0.2) is 8.42 Å². The van der Waals surface area contributed by atoms with E-state index in [2.05, 4.69) is 0 Å². The summed E-state index contributed by atoms with van der Waals surface area (Å²) >= 11 is 0. The fourth-order valence-corrected chi connectivity index (χ4v) is 5.76. The van der Waals surface area contributed by atoms with Crippen molar-refractivity contribution >= 4 is 21.8 Å². The number of hydrogen-bond donors (Lipinski definition) is 0. The minimum absolute atomic E-state index is 0.0649. The average Bonchev–Trinajstić information content (AvgIpc) is 3.63. The number of halogens is 3. The molecule has 176 valence electrons. The van der Waals surface area contributed by atoms with Crippen molar-refractivity contribution in [2.24, 2.45) is 11.8 Å². The number of carbonyl (C=O) groups is 2. The van der Waals surface area contributed by atoms with Gasteiger partial charge in [-0.3, -0.25) is 9.59 Å². The summed E-state index contributed by atoms with van der Waals surface area (Å²) in [6.07, 6.45) is -1.21. The molecule has 3 aliphatic rings. The van der Waals surface area contributed by atoms with Crippen molar-refractivity contribution in [2.75, 3.05) is 39.3 Å². The molecule has 0 aromatic heterocycles. The first-order valence-corrected chi connectivity index (χ1v) is 12.3. The number of rotatable bonds is 4. The Labute approximate surface area is 185 Å². The summed E-state index contributed by atoms with van der Waals surface area (Å²) in [5, 5.41) is 0. The van der Waals surface area contributed by atoms with Gasteiger partial charge in [-0.2, -0.15) is 17.5 Å². The Hall–Kier alpha value is -2.14. The van der Waals surface area contributed by atoms with Gasteiger partial charge in [0.2, 0.25) is 21.8 Å². The predicted octanol–water partition coefficient (Wildman–Crippen LogP) is 2.19. The molecule has 2 aliphatic heterocycles. The Morgan fingerprint density at radius 2 is 1.41 bits per heavy atom. The van der Waals surface area contributed by atoms with Crippen LogP contribution < -0.4 is 0 Å². The highest BCUT2D eigenvalue weighted by Crippen LogP contribution is 2.33. The lowest BCUT2D eigenvalue weighted by atomic mass is 9.96. The van der Waals surface area contributed by atoms with E-state index in [0.717, 1.165) is 43.5 Å². The largest absolute Gasteiger partial charge is 0.416 e. The molecule has 11 heteroatoms. The van der Waals surface area contributed by atoms with Gasteiger partial charge >= 0.3 is 6.18 Å². The van der Waals surface area contributed by atoms with Gasteiger partial charge in [-0.05, 0) is 49.9 Å². The van der Waals surface area contributed by atoms with Crippen LogP contribution in [0.4, 0.5) is 13.2 Å². The number of amides is 2. The molecule has 1 aromatic carbocycles. The fraction of sp³-hybridized carbons (Fsp3) is 0.619. The molecule has 1 saturated carbocycles. The summed E-state index contributed by atoms with van der Waals surface area (Å²) in [6.45, 7) is 1.67. The molecule has 0 bridgehead atoms. The van der Waals surface area contributed by atoms with E-state index in [9.17, 15) is 31.2 Å². The maximum Gasteiger partial charge on any atom is 0.416 e. The number of alkyl halides is 3. The van der Waals surface area contributed by atoms with E-state index in [1.54, 1.807) is 9.80 Å². The van der Waals surface area contributed by atoms with Crippen molar-refractivity contribution in [2.45, 2.75) is 36.8 Å². The minimum Gasteiger partial charge on any atom is -0.342 e. The van der Waals surface area contributed by atoms with Gasteiger partial charge in [0.25, 0.3) is 0 Å². The van der Waals surface area contributed by atoms with Crippen molar-refractivity contribution in [3.8, 4) is 0 Å². The van der Waals surface area contributed by atoms with Crippen LogP contribution in [0.1, 0.15) is 31.2 Å². The van der Waals surface area contributed by atoms with Gasteiger partial charge < -0.3 is 9.80 Å². The van der Waals surface area contributed by atoms with E-state index < -0.39 is 21.8 Å². The second-order valence-corrected chi connectivity index (χ2v) is 10.6. The molecular formula is C21H26F3N3O4S. The molecule has 0 N–H and O–H groups in total. The van der Waals surface area contributed by atoms with Crippen LogP contribution in [0.3, 0.4) is 0 Å². The number of nitrogens with zero attached hydrogens (tertiary/aromatic N) is 3. The van der Waals surface area contributed by atoms with E-state index in [-0.39, 0.29) is 54.7 Å².